The van der Waals surface area contributed by atoms with Gasteiger partial charge >= 0.3 is 0 Å². The number of hydrogen-bond donors (Lipinski definition) is 1. The lowest BCUT2D eigenvalue weighted by Gasteiger charge is -2.01. The summed E-state index contributed by atoms with van der Waals surface area (Å²) in [4.78, 5) is 11.8. The molecule has 0 aliphatic carbocycles. The zero-order valence-electron chi connectivity index (χ0n) is 10.1. The molecule has 0 fully saturated rings. The van der Waals surface area contributed by atoms with Crippen LogP contribution in [0.25, 0.3) is 0 Å². The van der Waals surface area contributed by atoms with Gasteiger partial charge in [0.05, 0.1) is 21.3 Å². The molecule has 0 spiro atoms. The Balaban J connectivity index is 2.05. The van der Waals surface area contributed by atoms with E-state index in [0.717, 1.165) is 0 Å². The Morgan fingerprint density at radius 3 is 2.75 bits per heavy atom. The first kappa shape index (κ1) is 14.7. The van der Waals surface area contributed by atoms with Crippen LogP contribution in [0.3, 0.4) is 0 Å². The van der Waals surface area contributed by atoms with Crippen LogP contribution in [-0.4, -0.2) is 12.1 Å². The third-order valence-electron chi connectivity index (χ3n) is 2.44. The van der Waals surface area contributed by atoms with Crippen molar-refractivity contribution in [1.29, 1.82) is 0 Å². The maximum atomic E-state index is 13.0. The van der Waals surface area contributed by atoms with Crippen LogP contribution in [-0.2, 0) is 0 Å². The first-order chi connectivity index (χ1) is 9.58. The molecule has 1 amide bonds. The molecule has 0 saturated carbocycles. The van der Waals surface area contributed by atoms with Crippen molar-refractivity contribution >= 4 is 39.7 Å². The topological polar surface area (TPSA) is 41.5 Å². The maximum Gasteiger partial charge on any atom is 0.272 e. The van der Waals surface area contributed by atoms with Crippen LogP contribution in [0.4, 0.5) is 4.39 Å². The lowest BCUT2D eigenvalue weighted by atomic mass is 10.2. The van der Waals surface area contributed by atoms with Crippen molar-refractivity contribution < 1.29 is 9.18 Å². The van der Waals surface area contributed by atoms with Crippen molar-refractivity contribution in [3.8, 4) is 0 Å². The molecule has 6 heteroatoms. The van der Waals surface area contributed by atoms with Crippen molar-refractivity contribution in [2.24, 2.45) is 5.10 Å². The lowest BCUT2D eigenvalue weighted by molar-refractivity contribution is 0.0955. The smallest absolute Gasteiger partial charge is 0.267 e. The fourth-order valence-corrected chi connectivity index (χ4v) is 2.08. The number of nitrogens with one attached hydrogen (secondary N) is 1. The standard InChI is InChI=1S/C14H9BrClFN2O/c15-11-7-9(5-6-13(11)17)8-18-19-14(20)10-3-1-2-4-12(10)16/h1-8H,(H,19,20)/b18-8+. The number of benzene rings is 2. The highest BCUT2D eigenvalue weighted by atomic mass is 79.9. The SMILES string of the molecule is O=C(N/N=C/c1ccc(F)c(Br)c1)c1ccccc1Cl. The number of hydrazone groups is 1. The van der Waals surface area contributed by atoms with Crippen molar-refractivity contribution in [1.82, 2.24) is 5.43 Å². The quantitative estimate of drug-likeness (QED) is 0.656. The molecular weight excluding hydrogens is 347 g/mol. The van der Waals surface area contributed by atoms with Gasteiger partial charge in [-0.15, -0.1) is 0 Å². The summed E-state index contributed by atoms with van der Waals surface area (Å²) in [6.45, 7) is 0. The summed E-state index contributed by atoms with van der Waals surface area (Å²) in [5.74, 6) is -0.768. The molecule has 20 heavy (non-hydrogen) atoms. The third-order valence-corrected chi connectivity index (χ3v) is 3.38. The molecule has 3 nitrogen and oxygen atoms in total. The first-order valence-electron chi connectivity index (χ1n) is 5.61. The van der Waals surface area contributed by atoms with Gasteiger partial charge in [0.2, 0.25) is 0 Å². The average Bonchev–Trinajstić information content (AvgIpc) is 2.43. The van der Waals surface area contributed by atoms with Crippen LogP contribution < -0.4 is 5.43 Å². The van der Waals surface area contributed by atoms with Gasteiger partial charge in [0.1, 0.15) is 5.82 Å². The molecule has 0 radical (unpaired) electrons. The number of halogens is 3. The van der Waals surface area contributed by atoms with Crippen LogP contribution in [0.15, 0.2) is 52.0 Å². The molecule has 0 saturated heterocycles. The highest BCUT2D eigenvalue weighted by Gasteiger charge is 2.07. The summed E-state index contributed by atoms with van der Waals surface area (Å²) in [5, 5.41) is 4.15. The Bertz CT molecular complexity index is 676. The number of carbonyl (C=O) groups is 1. The largest absolute Gasteiger partial charge is 0.272 e. The van der Waals surface area contributed by atoms with Gasteiger partial charge in [-0.25, -0.2) is 9.82 Å². The van der Waals surface area contributed by atoms with Crippen LogP contribution in [0.1, 0.15) is 15.9 Å². The van der Waals surface area contributed by atoms with E-state index in [9.17, 15) is 9.18 Å². The summed E-state index contributed by atoms with van der Waals surface area (Å²) in [5.41, 5.74) is 3.35. The Morgan fingerprint density at radius 2 is 2.05 bits per heavy atom. The Hall–Kier alpha value is -1.72. The van der Waals surface area contributed by atoms with Crippen molar-refractivity contribution in [3.05, 3.63) is 68.9 Å². The molecule has 0 aliphatic rings. The number of rotatable bonds is 3. The Labute approximate surface area is 128 Å². The highest BCUT2D eigenvalue weighted by Crippen LogP contribution is 2.16. The molecule has 0 atom stereocenters. The molecule has 0 heterocycles. The van der Waals surface area contributed by atoms with E-state index in [1.54, 1.807) is 36.4 Å². The molecule has 1 N–H and O–H groups in total. The van der Waals surface area contributed by atoms with Crippen molar-refractivity contribution in [2.75, 3.05) is 0 Å². The fraction of sp³-hybridized carbons (Fsp3) is 0. The Kier molecular flexibility index (Phi) is 4.87. The van der Waals surface area contributed by atoms with Crippen LogP contribution in [0.2, 0.25) is 5.02 Å². The van der Waals surface area contributed by atoms with Crippen molar-refractivity contribution in [2.45, 2.75) is 0 Å². The molecule has 0 unspecified atom stereocenters. The van der Waals surface area contributed by atoms with Crippen LogP contribution in [0.5, 0.6) is 0 Å². The normalized spacial score (nSPS) is 10.8. The van der Waals surface area contributed by atoms with E-state index in [1.165, 1.54) is 12.3 Å². The fourth-order valence-electron chi connectivity index (χ4n) is 1.46. The molecular formula is C14H9BrClFN2O. The van der Waals surface area contributed by atoms with Gasteiger partial charge in [0.15, 0.2) is 0 Å². The summed E-state index contributed by atoms with van der Waals surface area (Å²) in [6.07, 6.45) is 1.42. The van der Waals surface area contributed by atoms with Crippen LogP contribution in [0, 0.1) is 5.82 Å². The van der Waals surface area contributed by atoms with E-state index in [1.807, 2.05) is 0 Å². The maximum absolute atomic E-state index is 13.0. The van der Waals surface area contributed by atoms with Gasteiger partial charge in [0.25, 0.3) is 5.91 Å². The third kappa shape index (κ3) is 3.65. The summed E-state index contributed by atoms with van der Waals surface area (Å²) >= 11 is 8.96. The number of amides is 1. The molecule has 2 rings (SSSR count). The molecule has 2 aromatic carbocycles. The van der Waals surface area contributed by atoms with E-state index in [2.05, 4.69) is 26.5 Å². The lowest BCUT2D eigenvalue weighted by Crippen LogP contribution is -2.17. The van der Waals surface area contributed by atoms with Gasteiger partial charge in [-0.05, 0) is 45.8 Å². The molecule has 0 bridgehead atoms. The summed E-state index contributed by atoms with van der Waals surface area (Å²) in [6, 6.07) is 11.1. The van der Waals surface area contributed by atoms with Gasteiger partial charge in [0, 0.05) is 0 Å². The first-order valence-corrected chi connectivity index (χ1v) is 6.78. The van der Waals surface area contributed by atoms with E-state index in [-0.39, 0.29) is 5.82 Å². The molecule has 102 valence electrons. The van der Waals surface area contributed by atoms with Gasteiger partial charge in [-0.1, -0.05) is 29.8 Å². The van der Waals surface area contributed by atoms with E-state index in [4.69, 9.17) is 11.6 Å². The van der Waals surface area contributed by atoms with Gasteiger partial charge < -0.3 is 0 Å². The molecule has 2 aromatic rings. The highest BCUT2D eigenvalue weighted by molar-refractivity contribution is 9.10. The van der Waals surface area contributed by atoms with E-state index >= 15 is 0 Å². The Morgan fingerprint density at radius 1 is 1.30 bits per heavy atom. The number of nitrogens with zero attached hydrogens (tertiary/aromatic N) is 1. The second-order valence-corrected chi connectivity index (χ2v) is 5.11. The number of carbonyl (C=O) groups excluding carboxylic acids is 1. The minimum atomic E-state index is -0.409. The van der Waals surface area contributed by atoms with E-state index in [0.29, 0.717) is 20.6 Å². The monoisotopic (exact) mass is 354 g/mol. The van der Waals surface area contributed by atoms with Crippen molar-refractivity contribution in [3.63, 3.8) is 0 Å². The van der Waals surface area contributed by atoms with E-state index < -0.39 is 5.91 Å². The zero-order valence-corrected chi connectivity index (χ0v) is 12.5. The second-order valence-electron chi connectivity index (χ2n) is 3.85. The second kappa shape index (κ2) is 6.63. The van der Waals surface area contributed by atoms with Crippen LogP contribution >= 0.6 is 27.5 Å². The summed E-state index contributed by atoms with van der Waals surface area (Å²) < 4.78 is 13.4. The predicted molar refractivity (Wildman–Crippen MR) is 80.6 cm³/mol. The molecule has 0 aliphatic heterocycles. The predicted octanol–water partition coefficient (Wildman–Crippen LogP) is 4.01. The minimum Gasteiger partial charge on any atom is -0.267 e. The average molecular weight is 356 g/mol. The minimum absolute atomic E-state index is 0.332. The van der Waals surface area contributed by atoms with Gasteiger partial charge in [-0.3, -0.25) is 4.79 Å². The number of hydrogen-bond acceptors (Lipinski definition) is 2. The summed E-state index contributed by atoms with van der Waals surface area (Å²) in [7, 11) is 0. The van der Waals surface area contributed by atoms with Gasteiger partial charge in [-0.2, -0.15) is 5.10 Å². The zero-order chi connectivity index (χ0) is 14.5. The molecule has 0 aromatic heterocycles.